The molecule has 0 saturated heterocycles. The van der Waals surface area contributed by atoms with Gasteiger partial charge in [-0.05, 0) is 0 Å². The number of nitrogens with zero attached hydrogens (tertiary/aromatic N) is 2. The molecule has 1 N–H and O–H groups in total. The second-order valence-corrected chi connectivity index (χ2v) is 8.88. The van der Waals surface area contributed by atoms with Crippen LogP contribution in [-0.4, -0.2) is 41.2 Å². The van der Waals surface area contributed by atoms with Crippen molar-refractivity contribution in [2.45, 2.75) is 0 Å². The van der Waals surface area contributed by atoms with Crippen LogP contribution in [0.1, 0.15) is 20.8 Å². The molecule has 0 aliphatic carbocycles. The van der Waals surface area contributed by atoms with Crippen molar-refractivity contribution in [2.24, 2.45) is 7.05 Å². The third kappa shape index (κ3) is 3.91. The third-order valence-electron chi connectivity index (χ3n) is 3.64. The Labute approximate surface area is 159 Å². The summed E-state index contributed by atoms with van der Waals surface area (Å²) < 4.78 is 2.79. The zero-order valence-corrected chi connectivity index (χ0v) is 16.9. The van der Waals surface area contributed by atoms with E-state index in [2.05, 4.69) is 21.0 Å². The average Bonchev–Trinajstić information content (AvgIpc) is 2.99. The summed E-state index contributed by atoms with van der Waals surface area (Å²) in [6, 6.07) is 16.4. The molecule has 0 bridgehead atoms. The Morgan fingerprint density at radius 1 is 1.12 bits per heavy atom. The number of carboxylic acid groups (broad SMARTS) is 1. The van der Waals surface area contributed by atoms with Crippen molar-refractivity contribution in [3.05, 3.63) is 70.3 Å². The minimum absolute atomic E-state index is 0.0537. The van der Waals surface area contributed by atoms with Crippen molar-refractivity contribution in [2.75, 3.05) is 0 Å². The minimum atomic E-state index is -1.32. The Kier molecular flexibility index (Phi) is 5.21. The number of halogens is 1. The number of benzene rings is 2. The summed E-state index contributed by atoms with van der Waals surface area (Å²) in [7, 11) is 1.73. The van der Waals surface area contributed by atoms with Crippen LogP contribution in [0.15, 0.2) is 59.1 Å². The van der Waals surface area contributed by atoms with Gasteiger partial charge in [0, 0.05) is 0 Å². The molecule has 1 unspecified atom stereocenters. The topological polar surface area (TPSA) is 72.2 Å². The first-order chi connectivity index (χ1) is 12.0. The molecule has 0 amide bonds. The number of aryl methyl sites for hydroxylation is 1. The molecule has 0 aliphatic rings. The van der Waals surface area contributed by atoms with E-state index in [1.54, 1.807) is 29.9 Å². The Morgan fingerprint density at radius 3 is 2.52 bits per heavy atom. The standard InChI is InChI=1S/C18H14AsBrN2O3/c1-22-16(10-15(21-22)11-5-3-2-4-6-11)17(23)19-14-8-7-12(20)9-13(14)18(24)25/h2-10,19H,1H3,(H,24,25). The van der Waals surface area contributed by atoms with Crippen LogP contribution < -0.4 is 4.35 Å². The van der Waals surface area contributed by atoms with Crippen LogP contribution in [0.3, 0.4) is 0 Å². The first kappa shape index (κ1) is 17.6. The fraction of sp³-hybridized carbons (Fsp3) is 0.0556. The van der Waals surface area contributed by atoms with E-state index in [-0.39, 0.29) is 10.1 Å². The number of carbonyl (C=O) groups is 2. The molecule has 3 aromatic rings. The fourth-order valence-electron chi connectivity index (χ4n) is 2.42. The maximum absolute atomic E-state index is 12.7. The molecule has 0 spiro atoms. The van der Waals surface area contributed by atoms with Crippen molar-refractivity contribution < 1.29 is 14.7 Å². The van der Waals surface area contributed by atoms with E-state index in [4.69, 9.17) is 0 Å². The van der Waals surface area contributed by atoms with E-state index in [1.807, 2.05) is 30.3 Å². The van der Waals surface area contributed by atoms with Crippen molar-refractivity contribution in [1.29, 1.82) is 0 Å². The van der Waals surface area contributed by atoms with Gasteiger partial charge in [-0.1, -0.05) is 0 Å². The van der Waals surface area contributed by atoms with Crippen LogP contribution in [0.5, 0.6) is 0 Å². The zero-order valence-electron chi connectivity index (χ0n) is 13.2. The number of aromatic nitrogens is 2. The Morgan fingerprint density at radius 2 is 1.84 bits per heavy atom. The van der Waals surface area contributed by atoms with Crippen molar-refractivity contribution in [1.82, 2.24) is 9.78 Å². The van der Waals surface area contributed by atoms with Gasteiger partial charge in [0.2, 0.25) is 0 Å². The fourth-order valence-corrected chi connectivity index (χ4v) is 5.06. The van der Waals surface area contributed by atoms with Crippen molar-refractivity contribution in [3.8, 4) is 11.3 Å². The van der Waals surface area contributed by atoms with Crippen LogP contribution >= 0.6 is 15.9 Å². The van der Waals surface area contributed by atoms with Gasteiger partial charge in [-0.25, -0.2) is 0 Å². The van der Waals surface area contributed by atoms with E-state index in [0.717, 1.165) is 11.3 Å². The number of carboxylic acids is 1. The summed E-state index contributed by atoms with van der Waals surface area (Å²) in [5.41, 5.74) is 2.34. The number of hydrogen-bond donors (Lipinski definition) is 1. The molecular weight excluding hydrogens is 447 g/mol. The molecule has 0 saturated carbocycles. The zero-order chi connectivity index (χ0) is 18.0. The van der Waals surface area contributed by atoms with E-state index >= 15 is 0 Å². The second kappa shape index (κ2) is 7.38. The van der Waals surface area contributed by atoms with Gasteiger partial charge in [0.1, 0.15) is 0 Å². The summed E-state index contributed by atoms with van der Waals surface area (Å²) in [5, 5.41) is 13.8. The first-order valence-electron chi connectivity index (χ1n) is 7.39. The number of hydrogen-bond acceptors (Lipinski definition) is 3. The first-order valence-corrected chi connectivity index (χ1v) is 10.3. The Hall–Kier alpha value is -2.17. The van der Waals surface area contributed by atoms with Crippen molar-refractivity contribution >= 4 is 46.6 Å². The van der Waals surface area contributed by atoms with Gasteiger partial charge in [0.25, 0.3) is 0 Å². The van der Waals surface area contributed by atoms with Crippen LogP contribution in [0.25, 0.3) is 11.3 Å². The van der Waals surface area contributed by atoms with Crippen LogP contribution in [-0.2, 0) is 7.05 Å². The molecule has 0 fully saturated rings. The van der Waals surface area contributed by atoms with Gasteiger partial charge in [-0.15, -0.1) is 0 Å². The van der Waals surface area contributed by atoms with E-state index < -0.39 is 21.7 Å². The molecule has 0 aliphatic heterocycles. The Balaban J connectivity index is 1.90. The van der Waals surface area contributed by atoms with Gasteiger partial charge in [0.05, 0.1) is 0 Å². The summed E-state index contributed by atoms with van der Waals surface area (Å²) >= 11 is 1.95. The molecule has 5 nitrogen and oxygen atoms in total. The normalized spacial score (nSPS) is 11.1. The summed E-state index contributed by atoms with van der Waals surface area (Å²) in [4.78, 5) is 24.1. The maximum atomic E-state index is 12.7. The molecule has 1 heterocycles. The quantitative estimate of drug-likeness (QED) is 0.593. The molecular formula is C18H14AsBrN2O3. The number of carbonyl (C=O) groups excluding carboxylic acids is 1. The molecule has 126 valence electrons. The molecule has 2 aromatic carbocycles. The molecule has 7 heteroatoms. The van der Waals surface area contributed by atoms with Gasteiger partial charge in [0.15, 0.2) is 0 Å². The monoisotopic (exact) mass is 460 g/mol. The number of aromatic carboxylic acids is 1. The van der Waals surface area contributed by atoms with Crippen LogP contribution in [0.2, 0.25) is 0 Å². The summed E-state index contributed by atoms with van der Waals surface area (Å²) in [5.74, 6) is -1.03. The van der Waals surface area contributed by atoms with Crippen LogP contribution in [0.4, 0.5) is 0 Å². The summed E-state index contributed by atoms with van der Waals surface area (Å²) in [6.45, 7) is 0. The van der Waals surface area contributed by atoms with Gasteiger partial charge in [-0.2, -0.15) is 0 Å². The predicted octanol–water partition coefficient (Wildman–Crippen LogP) is 2.45. The number of rotatable bonds is 5. The van der Waals surface area contributed by atoms with Gasteiger partial charge in [-0.3, -0.25) is 0 Å². The Bertz CT molecular complexity index is 954. The average molecular weight is 461 g/mol. The molecule has 1 atom stereocenters. The molecule has 25 heavy (non-hydrogen) atoms. The summed E-state index contributed by atoms with van der Waals surface area (Å²) in [6.07, 6.45) is 0. The molecule has 1 aromatic heterocycles. The van der Waals surface area contributed by atoms with Gasteiger partial charge >= 0.3 is 160 Å². The van der Waals surface area contributed by atoms with E-state index in [0.29, 0.717) is 14.5 Å². The molecule has 3 rings (SSSR count). The van der Waals surface area contributed by atoms with Crippen molar-refractivity contribution in [3.63, 3.8) is 0 Å². The predicted molar refractivity (Wildman–Crippen MR) is 101 cm³/mol. The third-order valence-corrected chi connectivity index (χ3v) is 6.63. The molecule has 0 radical (unpaired) electrons. The second-order valence-electron chi connectivity index (χ2n) is 5.35. The van der Waals surface area contributed by atoms with E-state index in [9.17, 15) is 14.7 Å². The van der Waals surface area contributed by atoms with Gasteiger partial charge < -0.3 is 0 Å². The SMILES string of the molecule is Cn1nc(-c2ccccc2)cc1C(=O)[AsH]c1ccc(Br)cc1C(=O)O. The van der Waals surface area contributed by atoms with Crippen LogP contribution in [0, 0.1) is 0 Å². The van der Waals surface area contributed by atoms with E-state index in [1.165, 1.54) is 6.07 Å².